The summed E-state index contributed by atoms with van der Waals surface area (Å²) in [5.74, 6) is 0. The first-order valence-electron chi connectivity index (χ1n) is 17.4. The Labute approximate surface area is 305 Å². The van der Waals surface area contributed by atoms with Gasteiger partial charge in [0.15, 0.2) is 0 Å². The normalized spacial score (nSPS) is 12.6. The van der Waals surface area contributed by atoms with Crippen LogP contribution in [0.4, 0.5) is 34.5 Å². The summed E-state index contributed by atoms with van der Waals surface area (Å²) in [6.07, 6.45) is 11.2. The number of nitrogens with one attached hydrogen (secondary N) is 1. The summed E-state index contributed by atoms with van der Waals surface area (Å²) in [7, 11) is -12.0. The van der Waals surface area contributed by atoms with E-state index in [4.69, 9.17) is 9.97 Å². The van der Waals surface area contributed by atoms with E-state index in [9.17, 15) is 34.5 Å². The molecule has 0 aliphatic carbocycles. The van der Waals surface area contributed by atoms with Crippen molar-refractivity contribution in [2.24, 2.45) is 0 Å². The molecule has 0 fully saturated rings. The average molecular weight is 763 g/mol. The van der Waals surface area contributed by atoms with Crippen molar-refractivity contribution in [3.63, 3.8) is 0 Å². The van der Waals surface area contributed by atoms with Crippen LogP contribution in [0.15, 0.2) is 18.2 Å². The van der Waals surface area contributed by atoms with Crippen LogP contribution in [0.2, 0.25) is 0 Å². The summed E-state index contributed by atoms with van der Waals surface area (Å²) in [6, 6.07) is 6.80. The Hall–Kier alpha value is -3.31. The van der Waals surface area contributed by atoms with Crippen LogP contribution in [0.5, 0.6) is 0 Å². The molecule has 1 radical (unpaired) electrons. The van der Waals surface area contributed by atoms with Crippen molar-refractivity contribution >= 4 is 59.9 Å². The van der Waals surface area contributed by atoms with E-state index >= 15 is 0 Å². The van der Waals surface area contributed by atoms with Gasteiger partial charge in [0, 0.05) is 34.2 Å². The number of aromatic nitrogens is 4. The molecule has 279 valence electrons. The van der Waals surface area contributed by atoms with Crippen molar-refractivity contribution < 1.29 is 51.6 Å². The van der Waals surface area contributed by atoms with Gasteiger partial charge in [0.1, 0.15) is 0 Å². The summed E-state index contributed by atoms with van der Waals surface area (Å²) >= 11 is 0. The van der Waals surface area contributed by atoms with Crippen molar-refractivity contribution in [2.75, 3.05) is 0 Å². The fraction of sp³-hybridized carbons (Fsp3) is 0.444. The minimum absolute atomic E-state index is 0. The molecule has 0 saturated carbocycles. The Balaban J connectivity index is 0.000000723. The molecule has 1 N–H and O–H groups in total. The Morgan fingerprint density at radius 1 is 0.569 bits per heavy atom. The Bertz CT molecular complexity index is 1880. The van der Waals surface area contributed by atoms with Gasteiger partial charge in [-0.1, -0.05) is 48.5 Å². The fourth-order valence-electron chi connectivity index (χ4n) is 7.06. The van der Waals surface area contributed by atoms with Crippen LogP contribution in [-0.2, 0) is 55.7 Å². The predicted molar refractivity (Wildman–Crippen MR) is 194 cm³/mol. The van der Waals surface area contributed by atoms with Crippen LogP contribution in [0.25, 0.3) is 45.4 Å². The minimum atomic E-state index is -6.00. The average Bonchev–Trinajstić information content (AvgIpc) is 3.80. The fourth-order valence-corrected chi connectivity index (χ4v) is 7.06. The topological polar surface area (TPSA) is 46.5 Å². The largest absolute Gasteiger partial charge is 2.00 e. The molecule has 5 rings (SSSR count). The molecule has 2 aliphatic rings. The maximum Gasteiger partial charge on any atom is 2.00 e. The molecule has 5 heterocycles. The van der Waals surface area contributed by atoms with Crippen LogP contribution >= 0.6 is 0 Å². The molecule has 2 aliphatic heterocycles. The number of fused-ring (bicyclic) bond motifs is 8. The van der Waals surface area contributed by atoms with E-state index < -0.39 is 14.5 Å². The summed E-state index contributed by atoms with van der Waals surface area (Å²) in [5.41, 5.74) is 19.3. The second-order valence-corrected chi connectivity index (χ2v) is 11.8. The first-order chi connectivity index (χ1) is 23.5. The molecule has 0 saturated heterocycles. The van der Waals surface area contributed by atoms with Gasteiger partial charge in [-0.3, -0.25) is 0 Å². The van der Waals surface area contributed by atoms with Crippen molar-refractivity contribution in [1.82, 2.24) is 19.5 Å². The summed E-state index contributed by atoms with van der Waals surface area (Å²) in [6.45, 7) is 19.2. The SMILES string of the molecule is CCC1=C(CC)c2nc1c(CC)c1[nH]c(cc3nc(cc4c(CC)c(CC)c(c2CC)n4CC)C=C3)cc1CC.F[B-](F)(F)F.F[B-](F)(F)F.[Mn+2]. The zero-order chi connectivity index (χ0) is 37.6. The number of aryl methyl sites for hydroxylation is 6. The molecular formula is C36H46B2F8MnN4. The number of rotatable bonds is 8. The van der Waals surface area contributed by atoms with E-state index in [1.807, 2.05) is 0 Å². The van der Waals surface area contributed by atoms with Gasteiger partial charge >= 0.3 is 31.6 Å². The number of hydrogen-bond acceptors (Lipinski definition) is 2. The zero-order valence-corrected chi connectivity index (χ0v) is 31.6. The molecule has 0 unspecified atom stereocenters. The first-order valence-corrected chi connectivity index (χ1v) is 17.4. The molecule has 0 aromatic carbocycles. The van der Waals surface area contributed by atoms with E-state index in [0.29, 0.717) is 0 Å². The third-order valence-electron chi connectivity index (χ3n) is 8.85. The van der Waals surface area contributed by atoms with Gasteiger partial charge < -0.3 is 44.1 Å². The van der Waals surface area contributed by atoms with Gasteiger partial charge in [0.05, 0.1) is 28.3 Å². The summed E-state index contributed by atoms with van der Waals surface area (Å²) in [4.78, 5) is 14.4. The molecule has 3 aromatic rings. The van der Waals surface area contributed by atoms with E-state index in [-0.39, 0.29) is 17.1 Å². The van der Waals surface area contributed by atoms with Gasteiger partial charge in [0.2, 0.25) is 0 Å². The quantitative estimate of drug-likeness (QED) is 0.144. The van der Waals surface area contributed by atoms with Gasteiger partial charge in [-0.05, 0) is 110 Å². The second kappa shape index (κ2) is 18.4. The number of halogens is 8. The standard InChI is InChI=1S/C36H46N4.2BF4.Mn/c1-9-22-19-25-20-23-17-18-24(37-23)21-32-26(10-2)29(13-5)36(40(32)16-8)31(15-7)35-28(12-4)27(11-3)34(39-35)30(14-6)33(22)38-25;2*2-1(3,4)5;/h17-21,38H,9-16H2,1-8H3;;;/q;2*-1;+2. The molecule has 51 heavy (non-hydrogen) atoms. The number of hydrogen-bond donors (Lipinski definition) is 1. The minimum Gasteiger partial charge on any atom is -0.418 e. The van der Waals surface area contributed by atoms with E-state index in [1.54, 1.807) is 0 Å². The van der Waals surface area contributed by atoms with Gasteiger partial charge in [-0.25, -0.2) is 9.97 Å². The third kappa shape index (κ3) is 10.6. The molecule has 4 nitrogen and oxygen atoms in total. The van der Waals surface area contributed by atoms with E-state index in [0.717, 1.165) is 68.4 Å². The summed E-state index contributed by atoms with van der Waals surface area (Å²) < 4.78 is 80.6. The predicted octanol–water partition coefficient (Wildman–Crippen LogP) is 12.1. The molecule has 3 aromatic heterocycles. The van der Waals surface area contributed by atoms with Crippen LogP contribution < -0.4 is 0 Å². The molecule has 15 heteroatoms. The van der Waals surface area contributed by atoms with E-state index in [2.05, 4.69) is 95.3 Å². The van der Waals surface area contributed by atoms with Crippen LogP contribution in [0.1, 0.15) is 119 Å². The number of aromatic amines is 1. The van der Waals surface area contributed by atoms with Crippen molar-refractivity contribution in [3.8, 4) is 0 Å². The van der Waals surface area contributed by atoms with Gasteiger partial charge in [-0.2, -0.15) is 0 Å². The first kappa shape index (κ1) is 43.9. The Morgan fingerprint density at radius 3 is 1.47 bits per heavy atom. The maximum absolute atomic E-state index is 9.75. The third-order valence-corrected chi connectivity index (χ3v) is 8.85. The second-order valence-electron chi connectivity index (χ2n) is 11.8. The Morgan fingerprint density at radius 2 is 1.04 bits per heavy atom. The zero-order valence-electron chi connectivity index (χ0n) is 30.4. The molecule has 8 bridgehead atoms. The summed E-state index contributed by atoms with van der Waals surface area (Å²) in [5, 5.41) is 0. The van der Waals surface area contributed by atoms with Crippen LogP contribution in [0, 0.1) is 0 Å². The molecule has 0 amide bonds. The number of H-pyrrole nitrogens is 1. The van der Waals surface area contributed by atoms with Crippen molar-refractivity contribution in [3.05, 3.63) is 68.8 Å². The molecule has 0 atom stereocenters. The molecular weight excluding hydrogens is 717 g/mol. The van der Waals surface area contributed by atoms with E-state index in [1.165, 1.54) is 66.9 Å². The molecule has 0 spiro atoms. The monoisotopic (exact) mass is 763 g/mol. The van der Waals surface area contributed by atoms with Gasteiger partial charge in [0.25, 0.3) is 0 Å². The Kier molecular flexibility index (Phi) is 15.9. The maximum atomic E-state index is 9.75. The number of allylic oxidation sites excluding steroid dienone is 2. The van der Waals surface area contributed by atoms with Crippen molar-refractivity contribution in [2.45, 2.75) is 107 Å². The van der Waals surface area contributed by atoms with Crippen molar-refractivity contribution in [1.29, 1.82) is 0 Å². The van der Waals surface area contributed by atoms with Gasteiger partial charge in [-0.15, -0.1) is 0 Å². The number of nitrogens with zero attached hydrogens (tertiary/aromatic N) is 3. The smallest absolute Gasteiger partial charge is 0.418 e. The van der Waals surface area contributed by atoms with Crippen LogP contribution in [-0.4, -0.2) is 34.0 Å². The van der Waals surface area contributed by atoms with Crippen LogP contribution in [0.3, 0.4) is 0 Å².